The maximum atomic E-state index is 12.6. The zero-order chi connectivity index (χ0) is 17.4. The van der Waals surface area contributed by atoms with Crippen LogP contribution in [-0.2, 0) is 6.54 Å². The largest absolute Gasteiger partial charge is 0.345 e. The second-order valence-corrected chi connectivity index (χ2v) is 8.00. The standard InChI is InChI=1S/C17H16BrN5OS/c1-10-20-13(9-25-10)8-19-17(24)15-16(11-2-3-11)23(22-21-15)14-6-4-12(18)5-7-14/h4-7,9,11H,2-3,8H2,1H3,(H,19,24). The number of benzene rings is 1. The van der Waals surface area contributed by atoms with Crippen molar-refractivity contribution in [1.29, 1.82) is 0 Å². The third-order valence-electron chi connectivity index (χ3n) is 4.05. The van der Waals surface area contributed by atoms with Crippen molar-refractivity contribution < 1.29 is 4.79 Å². The molecule has 25 heavy (non-hydrogen) atoms. The molecule has 0 saturated heterocycles. The SMILES string of the molecule is Cc1nc(CNC(=O)c2nnn(-c3ccc(Br)cc3)c2C2CC2)cs1. The van der Waals surface area contributed by atoms with E-state index >= 15 is 0 Å². The highest BCUT2D eigenvalue weighted by Crippen LogP contribution is 2.42. The molecular formula is C17H16BrN5OS. The Morgan fingerprint density at radius 2 is 2.12 bits per heavy atom. The number of hydrogen-bond donors (Lipinski definition) is 1. The lowest BCUT2D eigenvalue weighted by molar-refractivity contribution is 0.0944. The monoisotopic (exact) mass is 417 g/mol. The Morgan fingerprint density at radius 3 is 2.76 bits per heavy atom. The van der Waals surface area contributed by atoms with E-state index in [4.69, 9.17) is 0 Å². The predicted octanol–water partition coefficient (Wildman–Crippen LogP) is 3.60. The molecule has 1 N–H and O–H groups in total. The summed E-state index contributed by atoms with van der Waals surface area (Å²) >= 11 is 5.01. The van der Waals surface area contributed by atoms with Gasteiger partial charge in [-0.05, 0) is 44.0 Å². The van der Waals surface area contributed by atoms with E-state index in [9.17, 15) is 4.79 Å². The van der Waals surface area contributed by atoms with E-state index in [0.29, 0.717) is 18.2 Å². The van der Waals surface area contributed by atoms with Gasteiger partial charge in [0.15, 0.2) is 5.69 Å². The van der Waals surface area contributed by atoms with E-state index in [2.05, 4.69) is 36.5 Å². The second-order valence-electron chi connectivity index (χ2n) is 6.03. The van der Waals surface area contributed by atoms with Gasteiger partial charge in [0, 0.05) is 15.8 Å². The number of aryl methyl sites for hydroxylation is 1. The van der Waals surface area contributed by atoms with E-state index < -0.39 is 0 Å². The number of halogens is 1. The lowest BCUT2D eigenvalue weighted by Gasteiger charge is -2.07. The van der Waals surface area contributed by atoms with Gasteiger partial charge in [-0.1, -0.05) is 21.1 Å². The molecule has 3 aromatic rings. The number of rotatable bonds is 5. The minimum absolute atomic E-state index is 0.198. The van der Waals surface area contributed by atoms with E-state index in [-0.39, 0.29) is 5.91 Å². The molecule has 0 aliphatic heterocycles. The third kappa shape index (κ3) is 3.50. The number of carbonyl (C=O) groups excluding carboxylic acids is 1. The fourth-order valence-electron chi connectivity index (χ4n) is 2.69. The summed E-state index contributed by atoms with van der Waals surface area (Å²) < 4.78 is 2.78. The highest BCUT2D eigenvalue weighted by Gasteiger charge is 2.34. The van der Waals surface area contributed by atoms with Crippen LogP contribution in [0.2, 0.25) is 0 Å². The summed E-state index contributed by atoms with van der Waals surface area (Å²) in [4.78, 5) is 17.0. The number of nitrogens with zero attached hydrogens (tertiary/aromatic N) is 4. The van der Waals surface area contributed by atoms with Crippen molar-refractivity contribution in [3.63, 3.8) is 0 Å². The fraction of sp³-hybridized carbons (Fsp3) is 0.294. The summed E-state index contributed by atoms with van der Waals surface area (Å²) in [6.45, 7) is 2.35. The minimum atomic E-state index is -0.198. The van der Waals surface area contributed by atoms with Crippen molar-refractivity contribution in [1.82, 2.24) is 25.3 Å². The molecule has 0 atom stereocenters. The topological polar surface area (TPSA) is 72.7 Å². The van der Waals surface area contributed by atoms with Gasteiger partial charge in [0.2, 0.25) is 0 Å². The van der Waals surface area contributed by atoms with Crippen LogP contribution in [0.15, 0.2) is 34.1 Å². The summed E-state index contributed by atoms with van der Waals surface area (Å²) in [6, 6.07) is 7.84. The van der Waals surface area contributed by atoms with Gasteiger partial charge < -0.3 is 5.32 Å². The summed E-state index contributed by atoms with van der Waals surface area (Å²) in [5.41, 5.74) is 3.09. The molecule has 0 radical (unpaired) electrons. The molecule has 1 saturated carbocycles. The average molecular weight is 418 g/mol. The van der Waals surface area contributed by atoms with Gasteiger partial charge >= 0.3 is 0 Å². The van der Waals surface area contributed by atoms with E-state index in [1.165, 1.54) is 0 Å². The zero-order valence-electron chi connectivity index (χ0n) is 13.6. The van der Waals surface area contributed by atoms with Crippen LogP contribution in [0.3, 0.4) is 0 Å². The Balaban J connectivity index is 1.59. The summed E-state index contributed by atoms with van der Waals surface area (Å²) in [7, 11) is 0. The van der Waals surface area contributed by atoms with Crippen LogP contribution in [0.25, 0.3) is 5.69 Å². The molecule has 0 spiro atoms. The first kappa shape index (κ1) is 16.4. The lowest BCUT2D eigenvalue weighted by atomic mass is 10.2. The van der Waals surface area contributed by atoms with Gasteiger partial charge in [0.1, 0.15) is 0 Å². The first-order valence-electron chi connectivity index (χ1n) is 8.02. The zero-order valence-corrected chi connectivity index (χ0v) is 16.0. The molecule has 1 amide bonds. The van der Waals surface area contributed by atoms with Crippen molar-refractivity contribution >= 4 is 33.2 Å². The number of carbonyl (C=O) groups is 1. The maximum Gasteiger partial charge on any atom is 0.274 e. The van der Waals surface area contributed by atoms with Gasteiger partial charge in [0.05, 0.1) is 28.6 Å². The molecule has 0 unspecified atom stereocenters. The Labute approximate surface area is 157 Å². The summed E-state index contributed by atoms with van der Waals surface area (Å²) in [6.07, 6.45) is 2.13. The fourth-order valence-corrected chi connectivity index (χ4v) is 3.57. The number of thiazole rings is 1. The Kier molecular flexibility index (Phi) is 4.39. The van der Waals surface area contributed by atoms with Gasteiger partial charge in [-0.2, -0.15) is 0 Å². The van der Waals surface area contributed by atoms with Crippen molar-refractivity contribution in [3.05, 3.63) is 56.2 Å². The maximum absolute atomic E-state index is 12.6. The molecule has 2 aromatic heterocycles. The van der Waals surface area contributed by atoms with Crippen LogP contribution in [0, 0.1) is 6.92 Å². The van der Waals surface area contributed by atoms with Crippen LogP contribution in [0.1, 0.15) is 45.6 Å². The summed E-state index contributed by atoms with van der Waals surface area (Å²) in [5.74, 6) is 0.150. The molecule has 0 bridgehead atoms. The van der Waals surface area contributed by atoms with Gasteiger partial charge in [-0.25, -0.2) is 9.67 Å². The van der Waals surface area contributed by atoms with Gasteiger partial charge in [0.25, 0.3) is 5.91 Å². The normalized spacial score (nSPS) is 13.8. The predicted molar refractivity (Wildman–Crippen MR) is 99.1 cm³/mol. The second kappa shape index (κ2) is 6.68. The van der Waals surface area contributed by atoms with Crippen molar-refractivity contribution in [2.24, 2.45) is 0 Å². The Bertz CT molecular complexity index is 914. The first-order chi connectivity index (χ1) is 12.1. The molecule has 4 rings (SSSR count). The molecule has 1 aromatic carbocycles. The van der Waals surface area contributed by atoms with E-state index in [1.807, 2.05) is 36.6 Å². The van der Waals surface area contributed by atoms with Crippen molar-refractivity contribution in [3.8, 4) is 5.69 Å². The molecule has 1 fully saturated rings. The van der Waals surface area contributed by atoms with Crippen LogP contribution < -0.4 is 5.32 Å². The summed E-state index contributed by atoms with van der Waals surface area (Å²) in [5, 5.41) is 14.3. The molecule has 128 valence electrons. The molecule has 2 heterocycles. The third-order valence-corrected chi connectivity index (χ3v) is 5.40. The molecular weight excluding hydrogens is 402 g/mol. The number of aromatic nitrogens is 4. The van der Waals surface area contributed by atoms with Crippen LogP contribution in [0.4, 0.5) is 0 Å². The first-order valence-corrected chi connectivity index (χ1v) is 9.70. The highest BCUT2D eigenvalue weighted by atomic mass is 79.9. The Hall–Kier alpha value is -2.06. The van der Waals surface area contributed by atoms with Crippen LogP contribution in [0.5, 0.6) is 0 Å². The molecule has 1 aliphatic rings. The molecule has 6 nitrogen and oxygen atoms in total. The van der Waals surface area contributed by atoms with E-state index in [1.54, 1.807) is 16.0 Å². The van der Waals surface area contributed by atoms with Crippen LogP contribution >= 0.6 is 27.3 Å². The molecule has 1 aliphatic carbocycles. The van der Waals surface area contributed by atoms with Crippen molar-refractivity contribution in [2.75, 3.05) is 0 Å². The molecule has 8 heteroatoms. The average Bonchev–Trinajstić information content (AvgIpc) is 3.21. The lowest BCUT2D eigenvalue weighted by Crippen LogP contribution is -2.24. The minimum Gasteiger partial charge on any atom is -0.345 e. The van der Waals surface area contributed by atoms with E-state index in [0.717, 1.165) is 39.4 Å². The van der Waals surface area contributed by atoms with Gasteiger partial charge in [-0.3, -0.25) is 4.79 Å². The van der Waals surface area contributed by atoms with Gasteiger partial charge in [-0.15, -0.1) is 16.4 Å². The van der Waals surface area contributed by atoms with Crippen LogP contribution in [-0.4, -0.2) is 25.9 Å². The smallest absolute Gasteiger partial charge is 0.274 e. The highest BCUT2D eigenvalue weighted by molar-refractivity contribution is 9.10. The number of amides is 1. The quantitative estimate of drug-likeness (QED) is 0.687. The number of nitrogens with one attached hydrogen (secondary N) is 1. The number of hydrogen-bond acceptors (Lipinski definition) is 5. The Morgan fingerprint density at radius 1 is 1.36 bits per heavy atom. The van der Waals surface area contributed by atoms with Crippen molar-refractivity contribution in [2.45, 2.75) is 32.2 Å².